The molecule has 0 aliphatic carbocycles. The van der Waals surface area contributed by atoms with E-state index in [0.717, 1.165) is 68.9 Å². The van der Waals surface area contributed by atoms with Gasteiger partial charge in [0.1, 0.15) is 18.2 Å². The van der Waals surface area contributed by atoms with Crippen LogP contribution in [0.1, 0.15) is 31.4 Å². The summed E-state index contributed by atoms with van der Waals surface area (Å²) in [6.07, 6.45) is 2.25. The molecule has 0 amide bonds. The number of nitrogens with one attached hydrogen (secondary N) is 1. The summed E-state index contributed by atoms with van der Waals surface area (Å²) in [6, 6.07) is 6.72. The molecule has 152 valence electrons. The van der Waals surface area contributed by atoms with Crippen LogP contribution in [0, 0.1) is 12.7 Å². The Morgan fingerprint density at radius 2 is 1.86 bits per heavy atom. The second-order valence-electron chi connectivity index (χ2n) is 7.09. The minimum absolute atomic E-state index is 0.198. The summed E-state index contributed by atoms with van der Waals surface area (Å²) in [5.41, 5.74) is 1.06. The standard InChI is InChI=1S/C20H30FN7/c1-4-5-10-22-20(23-15-19-25-24-16(2)26(19)3)28-13-11-27(12-14-28)18-8-6-17(21)7-9-18/h6-9H,4-5,10-15H2,1-3H3,(H,22,23). The van der Waals surface area contributed by atoms with E-state index in [1.807, 2.05) is 30.7 Å². The molecule has 1 fully saturated rings. The van der Waals surface area contributed by atoms with E-state index in [1.54, 1.807) is 0 Å². The van der Waals surface area contributed by atoms with Crippen molar-refractivity contribution in [3.63, 3.8) is 0 Å². The minimum atomic E-state index is -0.198. The van der Waals surface area contributed by atoms with E-state index < -0.39 is 0 Å². The van der Waals surface area contributed by atoms with Crippen LogP contribution < -0.4 is 10.2 Å². The summed E-state index contributed by atoms with van der Waals surface area (Å²) >= 11 is 0. The molecule has 8 heteroatoms. The van der Waals surface area contributed by atoms with Gasteiger partial charge in [-0.3, -0.25) is 0 Å². The van der Waals surface area contributed by atoms with Gasteiger partial charge in [-0.15, -0.1) is 10.2 Å². The van der Waals surface area contributed by atoms with E-state index in [9.17, 15) is 4.39 Å². The van der Waals surface area contributed by atoms with E-state index in [4.69, 9.17) is 4.99 Å². The molecule has 2 heterocycles. The average Bonchev–Trinajstić information content (AvgIpc) is 3.03. The Labute approximate surface area is 166 Å². The Hall–Kier alpha value is -2.64. The Morgan fingerprint density at radius 3 is 2.46 bits per heavy atom. The monoisotopic (exact) mass is 387 g/mol. The van der Waals surface area contributed by atoms with Gasteiger partial charge in [0.25, 0.3) is 0 Å². The highest BCUT2D eigenvalue weighted by atomic mass is 19.1. The van der Waals surface area contributed by atoms with Gasteiger partial charge in [0.2, 0.25) is 0 Å². The fraction of sp³-hybridized carbons (Fsp3) is 0.550. The molecule has 0 saturated carbocycles. The molecule has 3 rings (SSSR count). The first-order chi connectivity index (χ1) is 13.6. The highest BCUT2D eigenvalue weighted by Crippen LogP contribution is 2.17. The van der Waals surface area contributed by atoms with Crippen LogP contribution in [0.4, 0.5) is 10.1 Å². The van der Waals surface area contributed by atoms with Crippen molar-refractivity contribution in [2.24, 2.45) is 12.0 Å². The third-order valence-electron chi connectivity index (χ3n) is 5.14. The fourth-order valence-corrected chi connectivity index (χ4v) is 3.21. The first-order valence-electron chi connectivity index (χ1n) is 9.97. The zero-order valence-electron chi connectivity index (χ0n) is 17.0. The molecule has 0 radical (unpaired) electrons. The molecule has 1 aromatic heterocycles. The van der Waals surface area contributed by atoms with Crippen molar-refractivity contribution in [1.29, 1.82) is 0 Å². The van der Waals surface area contributed by atoms with Crippen molar-refractivity contribution < 1.29 is 4.39 Å². The summed E-state index contributed by atoms with van der Waals surface area (Å²) < 4.78 is 15.1. The molecule has 2 aromatic rings. The molecule has 0 unspecified atom stereocenters. The lowest BCUT2D eigenvalue weighted by Gasteiger charge is -2.37. The number of hydrogen-bond donors (Lipinski definition) is 1. The predicted octanol–water partition coefficient (Wildman–Crippen LogP) is 2.33. The van der Waals surface area contributed by atoms with Gasteiger partial charge < -0.3 is 19.7 Å². The van der Waals surface area contributed by atoms with Crippen molar-refractivity contribution >= 4 is 11.6 Å². The number of halogens is 1. The van der Waals surface area contributed by atoms with Gasteiger partial charge in [-0.1, -0.05) is 13.3 Å². The maximum atomic E-state index is 13.2. The number of aryl methyl sites for hydroxylation is 1. The highest BCUT2D eigenvalue weighted by Gasteiger charge is 2.20. The van der Waals surface area contributed by atoms with Crippen molar-refractivity contribution in [1.82, 2.24) is 25.0 Å². The molecule has 1 aliphatic rings. The third-order valence-corrected chi connectivity index (χ3v) is 5.14. The predicted molar refractivity (Wildman–Crippen MR) is 110 cm³/mol. The van der Waals surface area contributed by atoms with Crippen LogP contribution in [-0.4, -0.2) is 58.3 Å². The van der Waals surface area contributed by atoms with E-state index in [1.165, 1.54) is 12.1 Å². The first kappa shape index (κ1) is 20.1. The van der Waals surface area contributed by atoms with Gasteiger partial charge in [0.15, 0.2) is 11.8 Å². The van der Waals surface area contributed by atoms with Crippen molar-refractivity contribution in [2.45, 2.75) is 33.2 Å². The van der Waals surface area contributed by atoms with Crippen molar-refractivity contribution in [2.75, 3.05) is 37.6 Å². The summed E-state index contributed by atoms with van der Waals surface area (Å²) in [4.78, 5) is 9.39. The summed E-state index contributed by atoms with van der Waals surface area (Å²) in [7, 11) is 1.96. The fourth-order valence-electron chi connectivity index (χ4n) is 3.21. The summed E-state index contributed by atoms with van der Waals surface area (Å²) in [5, 5.41) is 11.8. The molecule has 28 heavy (non-hydrogen) atoms. The summed E-state index contributed by atoms with van der Waals surface area (Å²) in [5.74, 6) is 2.47. The van der Waals surface area contributed by atoms with Crippen LogP contribution in [-0.2, 0) is 13.6 Å². The van der Waals surface area contributed by atoms with Crippen molar-refractivity contribution in [3.8, 4) is 0 Å². The van der Waals surface area contributed by atoms with Gasteiger partial charge in [0.05, 0.1) is 0 Å². The van der Waals surface area contributed by atoms with E-state index in [2.05, 4.69) is 32.2 Å². The molecule has 0 spiro atoms. The maximum Gasteiger partial charge on any atom is 0.194 e. The number of hydrogen-bond acceptors (Lipinski definition) is 4. The van der Waals surface area contributed by atoms with Gasteiger partial charge in [-0.25, -0.2) is 9.38 Å². The number of aromatic nitrogens is 3. The minimum Gasteiger partial charge on any atom is -0.368 e. The van der Waals surface area contributed by atoms with Gasteiger partial charge >= 0.3 is 0 Å². The lowest BCUT2D eigenvalue weighted by Crippen LogP contribution is -2.52. The third kappa shape index (κ3) is 4.99. The Balaban J connectivity index is 1.64. The topological polar surface area (TPSA) is 61.6 Å². The van der Waals surface area contributed by atoms with Crippen LogP contribution >= 0.6 is 0 Å². The SMILES string of the molecule is CCCCNC(=NCc1nnc(C)n1C)N1CCN(c2ccc(F)cc2)CC1. The van der Waals surface area contributed by atoms with E-state index >= 15 is 0 Å². The number of aliphatic imine (C=N–C) groups is 1. The molecular formula is C20H30FN7. The number of piperazine rings is 1. The van der Waals surface area contributed by atoms with E-state index in [-0.39, 0.29) is 5.82 Å². The number of guanidine groups is 1. The number of anilines is 1. The number of benzene rings is 1. The Morgan fingerprint density at radius 1 is 1.14 bits per heavy atom. The second-order valence-corrected chi connectivity index (χ2v) is 7.09. The lowest BCUT2D eigenvalue weighted by atomic mass is 10.2. The Bertz CT molecular complexity index is 776. The van der Waals surface area contributed by atoms with Gasteiger partial charge in [-0.2, -0.15) is 0 Å². The van der Waals surface area contributed by atoms with Crippen molar-refractivity contribution in [3.05, 3.63) is 41.7 Å². The smallest absolute Gasteiger partial charge is 0.194 e. The molecule has 0 atom stereocenters. The molecule has 1 aliphatic heterocycles. The summed E-state index contributed by atoms with van der Waals surface area (Å²) in [6.45, 7) is 9.03. The van der Waals surface area contributed by atoms with Crippen LogP contribution in [0.15, 0.2) is 29.3 Å². The van der Waals surface area contributed by atoms with Crippen LogP contribution in [0.2, 0.25) is 0 Å². The lowest BCUT2D eigenvalue weighted by molar-refractivity contribution is 0.371. The van der Waals surface area contributed by atoms with Gasteiger partial charge in [-0.05, 0) is 37.6 Å². The molecule has 1 saturated heterocycles. The largest absolute Gasteiger partial charge is 0.368 e. The molecule has 7 nitrogen and oxygen atoms in total. The molecule has 1 aromatic carbocycles. The number of unbranched alkanes of at least 4 members (excludes halogenated alkanes) is 1. The first-order valence-corrected chi connectivity index (χ1v) is 9.97. The zero-order chi connectivity index (χ0) is 19.9. The van der Waals surface area contributed by atoms with Crippen LogP contribution in [0.5, 0.6) is 0 Å². The van der Waals surface area contributed by atoms with E-state index in [0.29, 0.717) is 6.54 Å². The highest BCUT2D eigenvalue weighted by molar-refractivity contribution is 5.80. The quantitative estimate of drug-likeness (QED) is 0.468. The second kappa shape index (κ2) is 9.52. The van der Waals surface area contributed by atoms with Crippen LogP contribution in [0.3, 0.4) is 0 Å². The number of nitrogens with zero attached hydrogens (tertiary/aromatic N) is 6. The van der Waals surface area contributed by atoms with Gasteiger partial charge in [0, 0.05) is 45.5 Å². The molecule has 1 N–H and O–H groups in total. The molecular weight excluding hydrogens is 357 g/mol. The normalized spacial score (nSPS) is 15.2. The molecule has 0 bridgehead atoms. The zero-order valence-corrected chi connectivity index (χ0v) is 17.0. The maximum absolute atomic E-state index is 13.2. The Kier molecular flexibility index (Phi) is 6.84. The average molecular weight is 388 g/mol. The number of rotatable bonds is 6. The van der Waals surface area contributed by atoms with Crippen LogP contribution in [0.25, 0.3) is 0 Å².